The molecule has 2 nitrogen and oxygen atoms in total. The topological polar surface area (TPSA) is 15.3 Å². The molecule has 1 aliphatic heterocycles. The standard InChI is InChI=1S/C16H25FN2/c1-12-11-13(5-6-14(12)17)15(16(2,3)4)19-9-7-18-8-10-19/h5-6,11,15,18H,7-10H2,1-4H3/t15-/m0/s1. The van der Waals surface area contributed by atoms with E-state index in [0.29, 0.717) is 6.04 Å². The van der Waals surface area contributed by atoms with Crippen molar-refractivity contribution in [2.24, 2.45) is 5.41 Å². The smallest absolute Gasteiger partial charge is 0.126 e. The molecular weight excluding hydrogens is 239 g/mol. The highest BCUT2D eigenvalue weighted by atomic mass is 19.1. The Hall–Kier alpha value is -0.930. The fourth-order valence-electron chi connectivity index (χ4n) is 3.04. The van der Waals surface area contributed by atoms with Gasteiger partial charge in [-0.05, 0) is 29.5 Å². The summed E-state index contributed by atoms with van der Waals surface area (Å²) in [5, 5.41) is 3.39. The highest BCUT2D eigenvalue weighted by molar-refractivity contribution is 5.28. The molecule has 0 aromatic heterocycles. The lowest BCUT2D eigenvalue weighted by Crippen LogP contribution is -2.48. The van der Waals surface area contributed by atoms with E-state index in [2.05, 4.69) is 31.0 Å². The zero-order valence-electron chi connectivity index (χ0n) is 12.5. The average Bonchev–Trinajstić information content (AvgIpc) is 2.34. The van der Waals surface area contributed by atoms with Gasteiger partial charge in [0, 0.05) is 32.2 Å². The Morgan fingerprint density at radius 1 is 1.21 bits per heavy atom. The molecular formula is C16H25FN2. The summed E-state index contributed by atoms with van der Waals surface area (Å²) >= 11 is 0. The number of halogens is 1. The summed E-state index contributed by atoms with van der Waals surface area (Å²) in [6.07, 6.45) is 0. The fraction of sp³-hybridized carbons (Fsp3) is 0.625. The highest BCUT2D eigenvalue weighted by Crippen LogP contribution is 2.38. The normalized spacial score (nSPS) is 19.4. The average molecular weight is 264 g/mol. The van der Waals surface area contributed by atoms with Gasteiger partial charge in [-0.2, -0.15) is 0 Å². The first-order valence-electron chi connectivity index (χ1n) is 7.10. The van der Waals surface area contributed by atoms with Gasteiger partial charge in [-0.1, -0.05) is 32.9 Å². The number of hydrogen-bond acceptors (Lipinski definition) is 2. The van der Waals surface area contributed by atoms with Crippen LogP contribution in [0.25, 0.3) is 0 Å². The summed E-state index contributed by atoms with van der Waals surface area (Å²) in [7, 11) is 0. The lowest BCUT2D eigenvalue weighted by molar-refractivity contribution is 0.0861. The molecule has 1 saturated heterocycles. The van der Waals surface area contributed by atoms with Crippen LogP contribution in [0.3, 0.4) is 0 Å². The molecule has 3 heteroatoms. The number of rotatable bonds is 2. The van der Waals surface area contributed by atoms with E-state index >= 15 is 0 Å². The maximum absolute atomic E-state index is 13.5. The Balaban J connectivity index is 2.33. The first-order chi connectivity index (χ1) is 8.89. The molecule has 2 rings (SSSR count). The molecule has 1 N–H and O–H groups in total. The molecule has 0 spiro atoms. The quantitative estimate of drug-likeness (QED) is 0.883. The van der Waals surface area contributed by atoms with Gasteiger partial charge < -0.3 is 5.32 Å². The predicted octanol–water partition coefficient (Wildman–Crippen LogP) is 3.13. The fourth-order valence-corrected chi connectivity index (χ4v) is 3.04. The zero-order valence-corrected chi connectivity index (χ0v) is 12.5. The number of hydrogen-bond donors (Lipinski definition) is 1. The van der Waals surface area contributed by atoms with Crippen LogP contribution in [0.2, 0.25) is 0 Å². The number of nitrogens with one attached hydrogen (secondary N) is 1. The predicted molar refractivity (Wildman–Crippen MR) is 77.8 cm³/mol. The van der Waals surface area contributed by atoms with Gasteiger partial charge in [-0.15, -0.1) is 0 Å². The number of aryl methyl sites for hydroxylation is 1. The van der Waals surface area contributed by atoms with Crippen LogP contribution in [-0.2, 0) is 0 Å². The second-order valence-corrected chi connectivity index (χ2v) is 6.56. The van der Waals surface area contributed by atoms with E-state index in [1.165, 1.54) is 5.56 Å². The van der Waals surface area contributed by atoms with Crippen LogP contribution in [0.4, 0.5) is 4.39 Å². The van der Waals surface area contributed by atoms with E-state index in [1.54, 1.807) is 6.07 Å². The minimum Gasteiger partial charge on any atom is -0.314 e. The first kappa shape index (κ1) is 14.5. The van der Waals surface area contributed by atoms with Crippen LogP contribution in [0.5, 0.6) is 0 Å². The second kappa shape index (κ2) is 5.59. The molecule has 0 aliphatic carbocycles. The van der Waals surface area contributed by atoms with Crippen molar-refractivity contribution in [3.63, 3.8) is 0 Å². The summed E-state index contributed by atoms with van der Waals surface area (Å²) in [6, 6.07) is 5.90. The van der Waals surface area contributed by atoms with Gasteiger partial charge in [0.1, 0.15) is 5.82 Å². The summed E-state index contributed by atoms with van der Waals surface area (Å²) in [4.78, 5) is 2.52. The van der Waals surface area contributed by atoms with E-state index in [4.69, 9.17) is 0 Å². The monoisotopic (exact) mass is 264 g/mol. The Morgan fingerprint density at radius 2 is 1.84 bits per heavy atom. The van der Waals surface area contributed by atoms with E-state index in [-0.39, 0.29) is 11.2 Å². The van der Waals surface area contributed by atoms with Crippen molar-refractivity contribution in [2.75, 3.05) is 26.2 Å². The van der Waals surface area contributed by atoms with Gasteiger partial charge in [0.25, 0.3) is 0 Å². The third kappa shape index (κ3) is 3.34. The van der Waals surface area contributed by atoms with Gasteiger partial charge in [0.2, 0.25) is 0 Å². The van der Waals surface area contributed by atoms with Gasteiger partial charge in [-0.3, -0.25) is 4.90 Å². The first-order valence-corrected chi connectivity index (χ1v) is 7.10. The third-order valence-corrected chi connectivity index (χ3v) is 3.83. The Bertz CT molecular complexity index is 431. The van der Waals surface area contributed by atoms with Crippen LogP contribution in [0.1, 0.15) is 37.9 Å². The lowest BCUT2D eigenvalue weighted by atomic mass is 9.80. The zero-order chi connectivity index (χ0) is 14.0. The summed E-state index contributed by atoms with van der Waals surface area (Å²) in [5.74, 6) is -0.114. The number of nitrogens with zero attached hydrogens (tertiary/aromatic N) is 1. The van der Waals surface area contributed by atoms with Gasteiger partial charge >= 0.3 is 0 Å². The highest BCUT2D eigenvalue weighted by Gasteiger charge is 2.32. The van der Waals surface area contributed by atoms with Crippen LogP contribution < -0.4 is 5.32 Å². The molecule has 0 amide bonds. The largest absolute Gasteiger partial charge is 0.314 e. The molecule has 0 saturated carbocycles. The summed E-state index contributed by atoms with van der Waals surface area (Å²) < 4.78 is 13.5. The third-order valence-electron chi connectivity index (χ3n) is 3.83. The maximum atomic E-state index is 13.5. The molecule has 1 aliphatic rings. The SMILES string of the molecule is Cc1cc([C@H](N2CCNCC2)C(C)(C)C)ccc1F. The van der Waals surface area contributed by atoms with Crippen LogP contribution in [0.15, 0.2) is 18.2 Å². The van der Waals surface area contributed by atoms with E-state index in [1.807, 2.05) is 19.1 Å². The summed E-state index contributed by atoms with van der Waals surface area (Å²) in [6.45, 7) is 12.8. The molecule has 1 heterocycles. The van der Waals surface area contributed by atoms with E-state index in [0.717, 1.165) is 31.7 Å². The number of piperazine rings is 1. The molecule has 1 fully saturated rings. The molecule has 0 unspecified atom stereocenters. The Morgan fingerprint density at radius 3 is 2.37 bits per heavy atom. The van der Waals surface area contributed by atoms with E-state index < -0.39 is 0 Å². The Labute approximate surface area is 116 Å². The van der Waals surface area contributed by atoms with Crippen molar-refractivity contribution in [3.05, 3.63) is 35.1 Å². The molecule has 1 aromatic carbocycles. The maximum Gasteiger partial charge on any atom is 0.126 e. The van der Waals surface area contributed by atoms with Crippen molar-refractivity contribution in [1.29, 1.82) is 0 Å². The van der Waals surface area contributed by atoms with Crippen molar-refractivity contribution in [2.45, 2.75) is 33.7 Å². The molecule has 106 valence electrons. The Kier molecular flexibility index (Phi) is 4.26. The summed E-state index contributed by atoms with van der Waals surface area (Å²) in [5.41, 5.74) is 2.11. The molecule has 0 radical (unpaired) electrons. The molecule has 1 aromatic rings. The van der Waals surface area contributed by atoms with Gasteiger partial charge in [0.05, 0.1) is 0 Å². The van der Waals surface area contributed by atoms with Crippen LogP contribution in [-0.4, -0.2) is 31.1 Å². The van der Waals surface area contributed by atoms with Gasteiger partial charge in [0.15, 0.2) is 0 Å². The van der Waals surface area contributed by atoms with Crippen LogP contribution in [0, 0.1) is 18.2 Å². The van der Waals surface area contributed by atoms with Crippen molar-refractivity contribution >= 4 is 0 Å². The van der Waals surface area contributed by atoms with Crippen molar-refractivity contribution in [3.8, 4) is 0 Å². The lowest BCUT2D eigenvalue weighted by Gasteiger charge is -2.42. The van der Waals surface area contributed by atoms with Crippen molar-refractivity contribution in [1.82, 2.24) is 10.2 Å². The molecule has 0 bridgehead atoms. The van der Waals surface area contributed by atoms with E-state index in [9.17, 15) is 4.39 Å². The van der Waals surface area contributed by atoms with Crippen molar-refractivity contribution < 1.29 is 4.39 Å². The van der Waals surface area contributed by atoms with Crippen LogP contribution >= 0.6 is 0 Å². The minimum atomic E-state index is -0.114. The molecule has 19 heavy (non-hydrogen) atoms. The number of benzene rings is 1. The minimum absolute atomic E-state index is 0.114. The molecule has 1 atom stereocenters. The second-order valence-electron chi connectivity index (χ2n) is 6.56. The van der Waals surface area contributed by atoms with Gasteiger partial charge in [-0.25, -0.2) is 4.39 Å².